The smallest absolute Gasteiger partial charge is 0.119 e. The standard InChI is InChI=1S/C15H16O2.6FH/c1-15(2,11-7-3-5-9-13(11)16)12-8-4-6-10-14(12)17;;;;;;/h3-10,16-17H,1-2H3;6*1H. The van der Waals surface area contributed by atoms with Crippen molar-refractivity contribution in [2.75, 3.05) is 0 Å². The first kappa shape index (κ1) is 32.5. The first-order valence-electron chi connectivity index (χ1n) is 5.60. The van der Waals surface area contributed by atoms with Crippen LogP contribution < -0.4 is 0 Å². The lowest BCUT2D eigenvalue weighted by atomic mass is 9.77. The molecule has 0 atom stereocenters. The Balaban J connectivity index is -0.000000180. The first-order chi connectivity index (χ1) is 8.03. The molecule has 2 aromatic rings. The van der Waals surface area contributed by atoms with Gasteiger partial charge < -0.3 is 10.2 Å². The zero-order valence-corrected chi connectivity index (χ0v) is 12.5. The summed E-state index contributed by atoms with van der Waals surface area (Å²) in [6, 6.07) is 14.4. The number of hydrogen-bond donors (Lipinski definition) is 2. The lowest BCUT2D eigenvalue weighted by Gasteiger charge is -2.27. The fourth-order valence-corrected chi connectivity index (χ4v) is 2.15. The second kappa shape index (κ2) is 12.2. The molecule has 0 fully saturated rings. The van der Waals surface area contributed by atoms with Crippen LogP contribution in [0.2, 0.25) is 0 Å². The van der Waals surface area contributed by atoms with Gasteiger partial charge >= 0.3 is 0 Å². The number of hydrogen-bond acceptors (Lipinski definition) is 2. The van der Waals surface area contributed by atoms with Crippen molar-refractivity contribution in [2.45, 2.75) is 19.3 Å². The second-order valence-corrected chi connectivity index (χ2v) is 4.66. The number of aromatic hydroxyl groups is 2. The third-order valence-corrected chi connectivity index (χ3v) is 3.15. The van der Waals surface area contributed by atoms with Gasteiger partial charge in [0.05, 0.1) is 0 Å². The molecule has 8 heteroatoms. The molecule has 0 saturated heterocycles. The summed E-state index contributed by atoms with van der Waals surface area (Å²) in [5.41, 5.74) is 1.18. The molecule has 2 nitrogen and oxygen atoms in total. The van der Waals surface area contributed by atoms with Gasteiger partial charge in [-0.2, -0.15) is 0 Å². The van der Waals surface area contributed by atoms with Crippen LogP contribution >= 0.6 is 0 Å². The molecule has 0 aliphatic heterocycles. The van der Waals surface area contributed by atoms with Crippen LogP contribution in [-0.4, -0.2) is 10.2 Å². The zero-order chi connectivity index (χ0) is 12.5. The number of rotatable bonds is 2. The summed E-state index contributed by atoms with van der Waals surface area (Å²) in [5.74, 6) is 0.501. The Kier molecular flexibility index (Phi) is 17.2. The molecule has 0 saturated carbocycles. The van der Waals surface area contributed by atoms with Crippen LogP contribution in [0.25, 0.3) is 0 Å². The number of phenolic OH excluding ortho intramolecular Hbond substituents is 2. The maximum atomic E-state index is 9.92. The Labute approximate surface area is 130 Å². The van der Waals surface area contributed by atoms with E-state index in [0.29, 0.717) is 0 Å². The normalized spacial score (nSPS) is 8.43. The van der Waals surface area contributed by atoms with Crippen LogP contribution in [0.4, 0.5) is 28.2 Å². The molecule has 0 heterocycles. The highest BCUT2D eigenvalue weighted by atomic mass is 19.0. The molecule has 0 unspecified atom stereocenters. The third kappa shape index (κ3) is 6.09. The summed E-state index contributed by atoms with van der Waals surface area (Å²) < 4.78 is 0. The van der Waals surface area contributed by atoms with Crippen molar-refractivity contribution in [3.05, 3.63) is 59.7 Å². The first-order valence-corrected chi connectivity index (χ1v) is 5.60. The zero-order valence-electron chi connectivity index (χ0n) is 12.5. The quantitative estimate of drug-likeness (QED) is 0.793. The summed E-state index contributed by atoms with van der Waals surface area (Å²) in [6.45, 7) is 3.97. The minimum Gasteiger partial charge on any atom is -0.508 e. The maximum absolute atomic E-state index is 9.92. The predicted molar refractivity (Wildman–Crippen MR) is 83.4 cm³/mol. The predicted octanol–water partition coefficient (Wildman–Crippen LogP) is 4.34. The van der Waals surface area contributed by atoms with E-state index >= 15 is 0 Å². The highest BCUT2D eigenvalue weighted by Gasteiger charge is 2.28. The molecule has 0 bridgehead atoms. The average molecular weight is 348 g/mol. The van der Waals surface area contributed by atoms with Gasteiger partial charge in [-0.25, -0.2) is 0 Å². The maximum Gasteiger partial charge on any atom is 0.119 e. The fraction of sp³-hybridized carbons (Fsp3) is 0.200. The summed E-state index contributed by atoms with van der Waals surface area (Å²) in [7, 11) is 0. The highest BCUT2D eigenvalue weighted by molar-refractivity contribution is 5.49. The van der Waals surface area contributed by atoms with Gasteiger partial charge in [0.25, 0.3) is 0 Å². The van der Waals surface area contributed by atoms with Gasteiger partial charge in [-0.05, 0) is 12.1 Å². The van der Waals surface area contributed by atoms with Crippen LogP contribution in [0, 0.1) is 0 Å². The van der Waals surface area contributed by atoms with E-state index in [1.807, 2.05) is 38.1 Å². The van der Waals surface area contributed by atoms with Gasteiger partial charge in [0, 0.05) is 16.5 Å². The molecular weight excluding hydrogens is 326 g/mol. The fourth-order valence-electron chi connectivity index (χ4n) is 2.15. The van der Waals surface area contributed by atoms with E-state index in [1.165, 1.54) is 0 Å². The van der Waals surface area contributed by atoms with Crippen molar-refractivity contribution in [3.63, 3.8) is 0 Å². The molecule has 0 spiro atoms. The van der Waals surface area contributed by atoms with E-state index in [2.05, 4.69) is 0 Å². The summed E-state index contributed by atoms with van der Waals surface area (Å²) in [5, 5.41) is 19.8. The largest absolute Gasteiger partial charge is 0.508 e. The Bertz CT molecular complexity index is 501. The molecule has 0 radical (unpaired) electrons. The minimum absolute atomic E-state index is 0. The molecule has 0 aliphatic carbocycles. The Morgan fingerprint density at radius 3 is 1.09 bits per heavy atom. The van der Waals surface area contributed by atoms with Crippen LogP contribution in [0.1, 0.15) is 25.0 Å². The summed E-state index contributed by atoms with van der Waals surface area (Å²) in [4.78, 5) is 0. The van der Waals surface area contributed by atoms with Gasteiger partial charge in [-0.15, -0.1) is 0 Å². The van der Waals surface area contributed by atoms with E-state index in [9.17, 15) is 10.2 Å². The number of halogens is 6. The number of para-hydroxylation sites is 2. The number of benzene rings is 2. The molecule has 136 valence electrons. The lowest BCUT2D eigenvalue weighted by Crippen LogP contribution is -2.19. The van der Waals surface area contributed by atoms with Crippen LogP contribution in [0.15, 0.2) is 48.5 Å². The Hall–Kier alpha value is -2.38. The molecule has 2 N–H and O–H groups in total. The van der Waals surface area contributed by atoms with E-state index in [1.54, 1.807) is 24.3 Å². The Morgan fingerprint density at radius 2 is 0.826 bits per heavy atom. The van der Waals surface area contributed by atoms with E-state index < -0.39 is 5.41 Å². The molecule has 0 aliphatic rings. The van der Waals surface area contributed by atoms with Crippen molar-refractivity contribution in [2.24, 2.45) is 0 Å². The van der Waals surface area contributed by atoms with Crippen LogP contribution in [0.5, 0.6) is 11.5 Å². The van der Waals surface area contributed by atoms with Gasteiger partial charge in [-0.1, -0.05) is 50.2 Å². The van der Waals surface area contributed by atoms with Gasteiger partial charge in [0.15, 0.2) is 0 Å². The molecular formula is C15H22F6O2. The van der Waals surface area contributed by atoms with Crippen molar-refractivity contribution in [3.8, 4) is 11.5 Å². The third-order valence-electron chi connectivity index (χ3n) is 3.15. The summed E-state index contributed by atoms with van der Waals surface area (Å²) in [6.07, 6.45) is 0. The average Bonchev–Trinajstić information content (AvgIpc) is 2.29. The van der Waals surface area contributed by atoms with Gasteiger partial charge in [0.1, 0.15) is 11.5 Å². The van der Waals surface area contributed by atoms with Crippen LogP contribution in [0.3, 0.4) is 0 Å². The Morgan fingerprint density at radius 1 is 0.565 bits per heavy atom. The molecule has 0 amide bonds. The molecule has 2 aromatic carbocycles. The molecule has 2 rings (SSSR count). The minimum atomic E-state index is -0.434. The van der Waals surface area contributed by atoms with Crippen molar-refractivity contribution < 1.29 is 38.4 Å². The highest BCUT2D eigenvalue weighted by Crippen LogP contribution is 2.39. The van der Waals surface area contributed by atoms with Crippen molar-refractivity contribution in [1.29, 1.82) is 0 Å². The van der Waals surface area contributed by atoms with E-state index in [0.717, 1.165) is 11.1 Å². The van der Waals surface area contributed by atoms with Crippen molar-refractivity contribution >= 4 is 0 Å². The summed E-state index contributed by atoms with van der Waals surface area (Å²) >= 11 is 0. The van der Waals surface area contributed by atoms with Crippen LogP contribution in [-0.2, 0) is 5.41 Å². The lowest BCUT2D eigenvalue weighted by molar-refractivity contribution is 0.435. The monoisotopic (exact) mass is 348 g/mol. The van der Waals surface area contributed by atoms with Gasteiger partial charge in [-0.3, -0.25) is 28.2 Å². The van der Waals surface area contributed by atoms with Gasteiger partial charge in [0.2, 0.25) is 0 Å². The number of phenols is 2. The molecule has 0 aromatic heterocycles. The van der Waals surface area contributed by atoms with E-state index in [-0.39, 0.29) is 39.7 Å². The van der Waals surface area contributed by atoms with Crippen molar-refractivity contribution in [1.82, 2.24) is 0 Å². The SMILES string of the molecule is CC(C)(c1ccccc1O)c1ccccc1O.F.F.F.F.F.F. The topological polar surface area (TPSA) is 40.5 Å². The molecule has 23 heavy (non-hydrogen) atoms. The van der Waals surface area contributed by atoms with E-state index in [4.69, 9.17) is 0 Å². The second-order valence-electron chi connectivity index (χ2n) is 4.66.